The predicted molar refractivity (Wildman–Crippen MR) is 94.9 cm³/mol. The normalized spacial score (nSPS) is 13.7. The summed E-state index contributed by atoms with van der Waals surface area (Å²) in [7, 11) is 0. The lowest BCUT2D eigenvalue weighted by Gasteiger charge is -2.17. The zero-order chi connectivity index (χ0) is 15.7. The van der Waals surface area contributed by atoms with Crippen LogP contribution in [0.2, 0.25) is 0 Å². The van der Waals surface area contributed by atoms with Gasteiger partial charge in [-0.3, -0.25) is 0 Å². The Morgan fingerprint density at radius 2 is 2.27 bits per heavy atom. The summed E-state index contributed by atoms with van der Waals surface area (Å²) >= 11 is 6.05. The number of aromatic nitrogens is 1. The van der Waals surface area contributed by atoms with Gasteiger partial charge in [-0.2, -0.15) is 0 Å². The van der Waals surface area contributed by atoms with Crippen molar-refractivity contribution in [2.75, 3.05) is 0 Å². The Morgan fingerprint density at radius 1 is 1.45 bits per heavy atom. The number of thiophene rings is 1. The highest BCUT2D eigenvalue weighted by atomic mass is 32.1. The summed E-state index contributed by atoms with van der Waals surface area (Å²) in [5.41, 5.74) is 9.34. The van der Waals surface area contributed by atoms with Crippen molar-refractivity contribution in [3.63, 3.8) is 0 Å². The fraction of sp³-hybridized carbons (Fsp3) is 0.125. The monoisotopic (exact) mass is 329 g/mol. The molecule has 1 aliphatic carbocycles. The van der Waals surface area contributed by atoms with Gasteiger partial charge in [0.1, 0.15) is 0 Å². The minimum Gasteiger partial charge on any atom is -0.428 e. The first-order chi connectivity index (χ1) is 10.6. The molecule has 0 saturated carbocycles. The number of hydrogen-bond acceptors (Lipinski definition) is 6. The molecular weight excluding hydrogens is 314 g/mol. The lowest BCUT2D eigenvalue weighted by Crippen LogP contribution is -2.05. The van der Waals surface area contributed by atoms with E-state index in [1.807, 2.05) is 12.1 Å². The highest BCUT2D eigenvalue weighted by Crippen LogP contribution is 2.48. The largest absolute Gasteiger partial charge is 0.428 e. The maximum Gasteiger partial charge on any atom is 0.220 e. The molecular formula is C16H15N3OS2. The molecule has 1 aliphatic rings. The molecule has 0 fully saturated rings. The third-order valence-corrected chi connectivity index (χ3v) is 5.16. The fourth-order valence-electron chi connectivity index (χ4n) is 2.43. The number of hydrogen-bond donors (Lipinski definition) is 3. The van der Waals surface area contributed by atoms with E-state index < -0.39 is 0 Å². The highest BCUT2D eigenvalue weighted by Gasteiger charge is 2.27. The summed E-state index contributed by atoms with van der Waals surface area (Å²) in [6.45, 7) is 3.85. The van der Waals surface area contributed by atoms with Crippen LogP contribution in [0.1, 0.15) is 22.4 Å². The van der Waals surface area contributed by atoms with Crippen LogP contribution in [0.4, 0.5) is 0 Å². The van der Waals surface area contributed by atoms with E-state index in [1.165, 1.54) is 17.6 Å². The Morgan fingerprint density at radius 3 is 2.91 bits per heavy atom. The molecule has 3 N–H and O–H groups in total. The molecule has 3 rings (SSSR count). The Labute approximate surface area is 138 Å². The maximum atomic E-state index is 7.53. The van der Waals surface area contributed by atoms with Gasteiger partial charge < -0.3 is 15.9 Å². The summed E-state index contributed by atoms with van der Waals surface area (Å²) in [4.78, 5) is 5.88. The van der Waals surface area contributed by atoms with Crippen molar-refractivity contribution in [3.8, 4) is 10.9 Å². The Balaban J connectivity index is 2.14. The SMILES string of the molecule is C=C(N)c1sc(Oc2ccccn2)c2c1CCC(C=N)=C2S. The van der Waals surface area contributed by atoms with Crippen LogP contribution in [0.25, 0.3) is 10.6 Å². The van der Waals surface area contributed by atoms with E-state index in [1.54, 1.807) is 12.3 Å². The first-order valence-electron chi connectivity index (χ1n) is 6.74. The molecule has 0 aliphatic heterocycles. The van der Waals surface area contributed by atoms with Gasteiger partial charge in [0.25, 0.3) is 0 Å². The summed E-state index contributed by atoms with van der Waals surface area (Å²) in [6.07, 6.45) is 4.61. The standard InChI is InChI=1S/C16H15N3OS2/c1-9(18)15-11-6-5-10(8-17)14(21)13(11)16(22-15)20-12-4-2-3-7-19-12/h2-4,7-8,17,21H,1,5-6,18H2. The van der Waals surface area contributed by atoms with E-state index >= 15 is 0 Å². The van der Waals surface area contributed by atoms with Crippen molar-refractivity contribution < 1.29 is 4.74 Å². The van der Waals surface area contributed by atoms with Gasteiger partial charge in [0, 0.05) is 34.6 Å². The molecule has 0 unspecified atom stereocenters. The molecule has 2 heterocycles. The van der Waals surface area contributed by atoms with Crippen molar-refractivity contribution in [2.24, 2.45) is 5.73 Å². The number of ether oxygens (including phenoxy) is 1. The van der Waals surface area contributed by atoms with Crippen LogP contribution in [-0.2, 0) is 6.42 Å². The lowest BCUT2D eigenvalue weighted by molar-refractivity contribution is 0.474. The van der Waals surface area contributed by atoms with Crippen LogP contribution in [0.15, 0.2) is 36.5 Å². The second kappa shape index (κ2) is 5.98. The minimum absolute atomic E-state index is 0.517. The smallest absolute Gasteiger partial charge is 0.220 e. The molecule has 0 saturated heterocycles. The number of nitrogens with zero attached hydrogens (tertiary/aromatic N) is 1. The van der Waals surface area contributed by atoms with Crippen molar-refractivity contribution in [1.82, 2.24) is 4.98 Å². The number of nitrogens with one attached hydrogen (secondary N) is 1. The quantitative estimate of drug-likeness (QED) is 0.584. The van der Waals surface area contributed by atoms with E-state index in [2.05, 4.69) is 24.2 Å². The number of pyridine rings is 1. The molecule has 0 atom stereocenters. The van der Waals surface area contributed by atoms with Crippen LogP contribution in [-0.4, -0.2) is 11.2 Å². The molecule has 0 radical (unpaired) electrons. The third kappa shape index (κ3) is 2.55. The van der Waals surface area contributed by atoms with Gasteiger partial charge in [0.05, 0.1) is 4.88 Å². The van der Waals surface area contributed by atoms with E-state index in [0.717, 1.165) is 39.3 Å². The van der Waals surface area contributed by atoms with Gasteiger partial charge in [-0.15, -0.1) is 12.6 Å². The van der Waals surface area contributed by atoms with Gasteiger partial charge in [0.2, 0.25) is 5.88 Å². The van der Waals surface area contributed by atoms with Gasteiger partial charge in [-0.25, -0.2) is 4.98 Å². The van der Waals surface area contributed by atoms with Crippen LogP contribution >= 0.6 is 24.0 Å². The van der Waals surface area contributed by atoms with Gasteiger partial charge in [0.15, 0.2) is 5.06 Å². The Bertz CT molecular complexity index is 778. The summed E-state index contributed by atoms with van der Waals surface area (Å²) in [5, 5.41) is 8.22. The van der Waals surface area contributed by atoms with E-state index in [4.69, 9.17) is 15.9 Å². The third-order valence-electron chi connectivity index (χ3n) is 3.46. The summed E-state index contributed by atoms with van der Waals surface area (Å²) < 4.78 is 5.92. The average molecular weight is 329 g/mol. The maximum absolute atomic E-state index is 7.53. The average Bonchev–Trinajstić information content (AvgIpc) is 2.88. The number of rotatable bonds is 4. The zero-order valence-electron chi connectivity index (χ0n) is 11.8. The van der Waals surface area contributed by atoms with Crippen LogP contribution in [0.5, 0.6) is 10.9 Å². The van der Waals surface area contributed by atoms with Crippen molar-refractivity contribution in [2.45, 2.75) is 12.8 Å². The second-order valence-electron chi connectivity index (χ2n) is 4.89. The fourth-order valence-corrected chi connectivity index (χ4v) is 4.02. The Kier molecular flexibility index (Phi) is 4.04. The summed E-state index contributed by atoms with van der Waals surface area (Å²) in [6, 6.07) is 5.50. The van der Waals surface area contributed by atoms with Gasteiger partial charge >= 0.3 is 0 Å². The van der Waals surface area contributed by atoms with Crippen LogP contribution in [0, 0.1) is 5.41 Å². The molecule has 0 amide bonds. The molecule has 0 bridgehead atoms. The van der Waals surface area contributed by atoms with Gasteiger partial charge in [-0.1, -0.05) is 24.0 Å². The first kappa shape index (κ1) is 14.9. The topological polar surface area (TPSA) is 72.0 Å². The van der Waals surface area contributed by atoms with Crippen molar-refractivity contribution >= 4 is 40.8 Å². The zero-order valence-corrected chi connectivity index (χ0v) is 13.5. The second-order valence-corrected chi connectivity index (χ2v) is 6.32. The molecule has 2 aromatic heterocycles. The number of allylic oxidation sites excluding steroid dienone is 1. The highest BCUT2D eigenvalue weighted by molar-refractivity contribution is 7.90. The molecule has 112 valence electrons. The molecule has 2 aromatic rings. The lowest BCUT2D eigenvalue weighted by atomic mass is 9.93. The van der Waals surface area contributed by atoms with Crippen molar-refractivity contribution in [3.05, 3.63) is 52.6 Å². The number of nitrogens with two attached hydrogens (primary N) is 1. The molecule has 6 heteroatoms. The molecule has 22 heavy (non-hydrogen) atoms. The van der Waals surface area contributed by atoms with Crippen molar-refractivity contribution in [1.29, 1.82) is 5.41 Å². The van der Waals surface area contributed by atoms with Crippen LogP contribution < -0.4 is 10.5 Å². The minimum atomic E-state index is 0.517. The summed E-state index contributed by atoms with van der Waals surface area (Å²) in [5.74, 6) is 0.517. The Hall–Kier alpha value is -2.05. The van der Waals surface area contributed by atoms with E-state index in [-0.39, 0.29) is 0 Å². The number of thiol groups is 1. The van der Waals surface area contributed by atoms with Gasteiger partial charge in [-0.05, 0) is 30.0 Å². The predicted octanol–water partition coefficient (Wildman–Crippen LogP) is 4.10. The molecule has 0 spiro atoms. The number of fused-ring (bicyclic) bond motifs is 1. The van der Waals surface area contributed by atoms with E-state index in [9.17, 15) is 0 Å². The first-order valence-corrected chi connectivity index (χ1v) is 8.00. The van der Waals surface area contributed by atoms with Crippen LogP contribution in [0.3, 0.4) is 0 Å². The van der Waals surface area contributed by atoms with E-state index in [0.29, 0.717) is 16.6 Å². The molecule has 0 aromatic carbocycles. The molecule has 4 nitrogen and oxygen atoms in total.